The van der Waals surface area contributed by atoms with Crippen LogP contribution in [0.3, 0.4) is 0 Å². The monoisotopic (exact) mass is 267 g/mol. The highest BCUT2D eigenvalue weighted by Crippen LogP contribution is 2.27. The molecule has 1 N–H and O–H groups in total. The van der Waals surface area contributed by atoms with Crippen LogP contribution in [0.15, 0.2) is 42.5 Å². The molecule has 0 aliphatic heterocycles. The van der Waals surface area contributed by atoms with Gasteiger partial charge in [0.15, 0.2) is 0 Å². The van der Waals surface area contributed by atoms with Crippen LogP contribution in [0.5, 0.6) is 0 Å². The average Bonchev–Trinajstić information content (AvgIpc) is 2.32. The van der Waals surface area contributed by atoms with E-state index < -0.39 is 0 Å². The lowest BCUT2D eigenvalue weighted by Gasteiger charge is -2.17. The maximum Gasteiger partial charge on any atom is 0.146 e. The minimum Gasteiger partial charge on any atom is -0.376 e. The van der Waals surface area contributed by atoms with Crippen molar-refractivity contribution in [2.75, 3.05) is 5.32 Å². The van der Waals surface area contributed by atoms with Crippen molar-refractivity contribution in [2.45, 2.75) is 13.0 Å². The first-order chi connectivity index (χ1) is 8.58. The van der Waals surface area contributed by atoms with Crippen LogP contribution in [-0.2, 0) is 0 Å². The molecule has 0 spiro atoms. The highest BCUT2D eigenvalue weighted by molar-refractivity contribution is 6.31. The Hall–Kier alpha value is -1.61. The van der Waals surface area contributed by atoms with Gasteiger partial charge >= 0.3 is 0 Å². The van der Waals surface area contributed by atoms with E-state index in [1.165, 1.54) is 18.2 Å². The highest BCUT2D eigenvalue weighted by Gasteiger charge is 2.11. The molecule has 0 radical (unpaired) electrons. The number of rotatable bonds is 3. The number of para-hydroxylation sites is 1. The molecule has 0 saturated carbocycles. The van der Waals surface area contributed by atoms with Gasteiger partial charge in [0.05, 0.1) is 11.7 Å². The summed E-state index contributed by atoms with van der Waals surface area (Å²) in [7, 11) is 0. The molecule has 94 valence electrons. The van der Waals surface area contributed by atoms with Crippen molar-refractivity contribution < 1.29 is 8.78 Å². The molecule has 1 unspecified atom stereocenters. The normalized spacial score (nSPS) is 12.2. The molecule has 0 amide bonds. The van der Waals surface area contributed by atoms with E-state index in [-0.39, 0.29) is 17.7 Å². The van der Waals surface area contributed by atoms with Crippen LogP contribution >= 0.6 is 11.6 Å². The van der Waals surface area contributed by atoms with Crippen LogP contribution in [0.4, 0.5) is 14.5 Å². The van der Waals surface area contributed by atoms with E-state index in [4.69, 9.17) is 11.6 Å². The molecule has 1 nitrogen and oxygen atoms in total. The van der Waals surface area contributed by atoms with Crippen LogP contribution in [0.25, 0.3) is 0 Å². The zero-order chi connectivity index (χ0) is 13.1. The summed E-state index contributed by atoms with van der Waals surface area (Å²) < 4.78 is 26.4. The molecule has 0 aliphatic carbocycles. The second kappa shape index (κ2) is 5.36. The minimum absolute atomic E-state index is 0.213. The summed E-state index contributed by atoms with van der Waals surface area (Å²) in [5.74, 6) is -0.718. The minimum atomic E-state index is -0.387. The maximum absolute atomic E-state index is 13.5. The summed E-state index contributed by atoms with van der Waals surface area (Å²) in [6.45, 7) is 1.84. The molecule has 18 heavy (non-hydrogen) atoms. The highest BCUT2D eigenvalue weighted by atomic mass is 35.5. The van der Waals surface area contributed by atoms with Gasteiger partial charge in [0.1, 0.15) is 11.6 Å². The molecule has 0 bridgehead atoms. The maximum atomic E-state index is 13.5. The quantitative estimate of drug-likeness (QED) is 0.843. The zero-order valence-corrected chi connectivity index (χ0v) is 10.5. The van der Waals surface area contributed by atoms with Crippen molar-refractivity contribution in [3.05, 3.63) is 64.7 Å². The Balaban J connectivity index is 2.22. The predicted molar refractivity (Wildman–Crippen MR) is 69.8 cm³/mol. The Kier molecular flexibility index (Phi) is 3.82. The van der Waals surface area contributed by atoms with Crippen LogP contribution in [0.1, 0.15) is 18.5 Å². The Labute approximate surface area is 109 Å². The van der Waals surface area contributed by atoms with E-state index in [1.807, 2.05) is 6.92 Å². The summed E-state index contributed by atoms with van der Waals surface area (Å²) >= 11 is 5.96. The lowest BCUT2D eigenvalue weighted by molar-refractivity contribution is 0.623. The predicted octanol–water partition coefficient (Wildman–Crippen LogP) is 4.79. The number of hydrogen-bond acceptors (Lipinski definition) is 1. The van der Waals surface area contributed by atoms with Crippen molar-refractivity contribution in [1.82, 2.24) is 0 Å². The molecule has 2 rings (SSSR count). The van der Waals surface area contributed by atoms with Gasteiger partial charge in [-0.1, -0.05) is 29.8 Å². The van der Waals surface area contributed by atoms with Gasteiger partial charge < -0.3 is 5.32 Å². The third kappa shape index (κ3) is 2.79. The Bertz CT molecular complexity index is 557. The molecule has 0 fully saturated rings. The summed E-state index contributed by atoms with van der Waals surface area (Å²) in [6.07, 6.45) is 0. The topological polar surface area (TPSA) is 12.0 Å². The lowest BCUT2D eigenvalue weighted by Crippen LogP contribution is -2.08. The molecular formula is C14H12ClF2N. The fourth-order valence-corrected chi connectivity index (χ4v) is 2.07. The molecule has 0 saturated heterocycles. The molecule has 0 heterocycles. The summed E-state index contributed by atoms with van der Waals surface area (Å²) in [5, 5.41) is 3.33. The number of hydrogen-bond donors (Lipinski definition) is 1. The van der Waals surface area contributed by atoms with E-state index in [1.54, 1.807) is 24.3 Å². The zero-order valence-electron chi connectivity index (χ0n) is 9.75. The van der Waals surface area contributed by atoms with E-state index >= 15 is 0 Å². The van der Waals surface area contributed by atoms with Gasteiger partial charge in [-0.2, -0.15) is 0 Å². The van der Waals surface area contributed by atoms with Gasteiger partial charge in [-0.05, 0) is 36.8 Å². The fraction of sp³-hybridized carbons (Fsp3) is 0.143. The van der Waals surface area contributed by atoms with Gasteiger partial charge in [0.2, 0.25) is 0 Å². The van der Waals surface area contributed by atoms with Crippen LogP contribution in [0, 0.1) is 11.6 Å². The first-order valence-corrected chi connectivity index (χ1v) is 5.91. The van der Waals surface area contributed by atoms with E-state index in [0.29, 0.717) is 10.7 Å². The molecule has 1 atom stereocenters. The summed E-state index contributed by atoms with van der Waals surface area (Å²) in [4.78, 5) is 0. The van der Waals surface area contributed by atoms with Crippen molar-refractivity contribution in [2.24, 2.45) is 0 Å². The average molecular weight is 268 g/mol. The first kappa shape index (κ1) is 12.8. The van der Waals surface area contributed by atoms with Crippen LogP contribution in [-0.4, -0.2) is 0 Å². The van der Waals surface area contributed by atoms with E-state index in [9.17, 15) is 8.78 Å². The first-order valence-electron chi connectivity index (χ1n) is 5.54. The Morgan fingerprint density at radius 2 is 1.83 bits per heavy atom. The smallest absolute Gasteiger partial charge is 0.146 e. The van der Waals surface area contributed by atoms with Crippen molar-refractivity contribution in [3.63, 3.8) is 0 Å². The molecule has 0 aromatic heterocycles. The van der Waals surface area contributed by atoms with Crippen molar-refractivity contribution >= 4 is 17.3 Å². The number of halogens is 3. The second-order valence-corrected chi connectivity index (χ2v) is 4.42. The van der Waals surface area contributed by atoms with Gasteiger partial charge in [-0.3, -0.25) is 0 Å². The Morgan fingerprint density at radius 1 is 1.11 bits per heavy atom. The molecule has 2 aromatic carbocycles. The standard InChI is InChI=1S/C14H12ClF2N/c1-9(11-7-6-10(16)8-12(11)15)18-14-5-3-2-4-13(14)17/h2-9,18H,1H3. The van der Waals surface area contributed by atoms with Crippen molar-refractivity contribution in [3.8, 4) is 0 Å². The SMILES string of the molecule is CC(Nc1ccccc1F)c1ccc(F)cc1Cl. The lowest BCUT2D eigenvalue weighted by atomic mass is 10.1. The Morgan fingerprint density at radius 3 is 2.50 bits per heavy atom. The molecule has 0 aliphatic rings. The van der Waals surface area contributed by atoms with Gasteiger partial charge in [-0.25, -0.2) is 8.78 Å². The number of benzene rings is 2. The number of anilines is 1. The second-order valence-electron chi connectivity index (χ2n) is 4.01. The van der Waals surface area contributed by atoms with Crippen LogP contribution in [0.2, 0.25) is 5.02 Å². The van der Waals surface area contributed by atoms with E-state index in [0.717, 1.165) is 5.56 Å². The third-order valence-electron chi connectivity index (χ3n) is 2.67. The third-order valence-corrected chi connectivity index (χ3v) is 3.00. The van der Waals surface area contributed by atoms with E-state index in [2.05, 4.69) is 5.32 Å². The number of nitrogens with one attached hydrogen (secondary N) is 1. The van der Waals surface area contributed by atoms with Gasteiger partial charge in [0.25, 0.3) is 0 Å². The van der Waals surface area contributed by atoms with Crippen molar-refractivity contribution in [1.29, 1.82) is 0 Å². The fourth-order valence-electron chi connectivity index (χ4n) is 1.74. The van der Waals surface area contributed by atoms with Crippen LogP contribution < -0.4 is 5.32 Å². The largest absolute Gasteiger partial charge is 0.376 e. The molecule has 2 aromatic rings. The van der Waals surface area contributed by atoms with Gasteiger partial charge in [0, 0.05) is 5.02 Å². The molecular weight excluding hydrogens is 256 g/mol. The summed E-state index contributed by atoms with van der Waals surface area (Å²) in [6, 6.07) is 10.3. The molecule has 4 heteroatoms. The summed E-state index contributed by atoms with van der Waals surface area (Å²) in [5.41, 5.74) is 1.12. The van der Waals surface area contributed by atoms with Gasteiger partial charge in [-0.15, -0.1) is 0 Å².